The summed E-state index contributed by atoms with van der Waals surface area (Å²) < 4.78 is 13.9. The van der Waals surface area contributed by atoms with Gasteiger partial charge in [0, 0.05) is 18.2 Å². The quantitative estimate of drug-likeness (QED) is 0.783. The lowest BCUT2D eigenvalue weighted by atomic mass is 10.1. The lowest BCUT2D eigenvalue weighted by Crippen LogP contribution is -2.30. The minimum absolute atomic E-state index is 0.149. The fraction of sp³-hybridized carbons (Fsp3) is 0.467. The van der Waals surface area contributed by atoms with Gasteiger partial charge in [0.05, 0.1) is 5.02 Å². The molecule has 0 heterocycles. The van der Waals surface area contributed by atoms with Gasteiger partial charge in [-0.1, -0.05) is 35.4 Å². The SMILES string of the molecule is NCC(NCCC1=CCCC1)c1cccc(Cl)c1F. The van der Waals surface area contributed by atoms with Crippen LogP contribution in [0.4, 0.5) is 4.39 Å². The van der Waals surface area contributed by atoms with Gasteiger partial charge in [0.2, 0.25) is 0 Å². The molecule has 1 aliphatic carbocycles. The van der Waals surface area contributed by atoms with Crippen LogP contribution in [0.2, 0.25) is 5.02 Å². The smallest absolute Gasteiger partial charge is 0.146 e. The molecule has 104 valence electrons. The van der Waals surface area contributed by atoms with E-state index in [1.165, 1.54) is 24.8 Å². The molecule has 1 atom stereocenters. The van der Waals surface area contributed by atoms with E-state index in [1.807, 2.05) is 0 Å². The second-order valence-corrected chi connectivity index (χ2v) is 5.30. The summed E-state index contributed by atoms with van der Waals surface area (Å²) in [6, 6.07) is 4.86. The highest BCUT2D eigenvalue weighted by Crippen LogP contribution is 2.24. The van der Waals surface area contributed by atoms with Crippen molar-refractivity contribution in [1.82, 2.24) is 5.32 Å². The van der Waals surface area contributed by atoms with E-state index >= 15 is 0 Å². The van der Waals surface area contributed by atoms with Gasteiger partial charge >= 0.3 is 0 Å². The van der Waals surface area contributed by atoms with E-state index in [0.29, 0.717) is 12.1 Å². The van der Waals surface area contributed by atoms with Crippen LogP contribution in [0.1, 0.15) is 37.3 Å². The highest BCUT2D eigenvalue weighted by molar-refractivity contribution is 6.30. The summed E-state index contributed by atoms with van der Waals surface area (Å²) in [6.07, 6.45) is 6.97. The Hall–Kier alpha value is -0.900. The molecule has 0 fully saturated rings. The fourth-order valence-corrected chi connectivity index (χ4v) is 2.66. The maximum Gasteiger partial charge on any atom is 0.146 e. The zero-order valence-electron chi connectivity index (χ0n) is 11.0. The van der Waals surface area contributed by atoms with Crippen molar-refractivity contribution in [2.45, 2.75) is 31.7 Å². The van der Waals surface area contributed by atoms with Crippen molar-refractivity contribution in [1.29, 1.82) is 0 Å². The molecule has 0 radical (unpaired) electrons. The molecule has 3 N–H and O–H groups in total. The van der Waals surface area contributed by atoms with Crippen molar-refractivity contribution in [2.75, 3.05) is 13.1 Å². The predicted molar refractivity (Wildman–Crippen MR) is 77.8 cm³/mol. The number of nitrogens with two attached hydrogens (primary N) is 1. The molecule has 19 heavy (non-hydrogen) atoms. The molecule has 0 aromatic heterocycles. The molecular formula is C15H20ClFN2. The first kappa shape index (κ1) is 14.5. The molecule has 0 bridgehead atoms. The highest BCUT2D eigenvalue weighted by atomic mass is 35.5. The Balaban J connectivity index is 1.93. The third kappa shape index (κ3) is 3.78. The number of hydrogen-bond acceptors (Lipinski definition) is 2. The number of hydrogen-bond donors (Lipinski definition) is 2. The number of allylic oxidation sites excluding steroid dienone is 1. The fourth-order valence-electron chi connectivity index (χ4n) is 2.48. The number of benzene rings is 1. The van der Waals surface area contributed by atoms with Gasteiger partial charge in [-0.2, -0.15) is 0 Å². The molecule has 1 aromatic rings. The van der Waals surface area contributed by atoms with Crippen LogP contribution in [-0.2, 0) is 0 Å². The summed E-state index contributed by atoms with van der Waals surface area (Å²) in [5, 5.41) is 3.47. The molecule has 0 saturated heterocycles. The number of rotatable bonds is 6. The molecular weight excluding hydrogens is 263 g/mol. The molecule has 1 aromatic carbocycles. The van der Waals surface area contributed by atoms with Crippen molar-refractivity contribution < 1.29 is 4.39 Å². The molecule has 1 unspecified atom stereocenters. The van der Waals surface area contributed by atoms with Gasteiger partial charge in [-0.15, -0.1) is 0 Å². The minimum Gasteiger partial charge on any atom is -0.329 e. The van der Waals surface area contributed by atoms with Crippen LogP contribution in [0, 0.1) is 5.82 Å². The van der Waals surface area contributed by atoms with Crippen molar-refractivity contribution in [3.63, 3.8) is 0 Å². The first-order valence-electron chi connectivity index (χ1n) is 6.77. The van der Waals surface area contributed by atoms with Gasteiger partial charge in [-0.05, 0) is 38.3 Å². The molecule has 0 spiro atoms. The lowest BCUT2D eigenvalue weighted by molar-refractivity contribution is 0.507. The second-order valence-electron chi connectivity index (χ2n) is 4.89. The van der Waals surface area contributed by atoms with Crippen molar-refractivity contribution in [2.24, 2.45) is 5.73 Å². The highest BCUT2D eigenvalue weighted by Gasteiger charge is 2.15. The van der Waals surface area contributed by atoms with Gasteiger partial charge in [0.25, 0.3) is 0 Å². The van der Waals surface area contributed by atoms with E-state index in [1.54, 1.807) is 18.2 Å². The Kier molecular flexibility index (Phi) is 5.37. The van der Waals surface area contributed by atoms with Crippen LogP contribution in [0.5, 0.6) is 0 Å². The maximum atomic E-state index is 13.9. The van der Waals surface area contributed by atoms with Gasteiger partial charge in [-0.25, -0.2) is 4.39 Å². The van der Waals surface area contributed by atoms with Crippen LogP contribution >= 0.6 is 11.6 Å². The summed E-state index contributed by atoms with van der Waals surface area (Å²) in [7, 11) is 0. The summed E-state index contributed by atoms with van der Waals surface area (Å²) >= 11 is 5.80. The summed E-state index contributed by atoms with van der Waals surface area (Å²) in [5.74, 6) is -0.368. The van der Waals surface area contributed by atoms with Crippen LogP contribution in [0.15, 0.2) is 29.8 Å². The van der Waals surface area contributed by atoms with E-state index in [4.69, 9.17) is 17.3 Å². The van der Waals surface area contributed by atoms with Crippen LogP contribution in [0.25, 0.3) is 0 Å². The average molecular weight is 283 g/mol. The summed E-state index contributed by atoms with van der Waals surface area (Å²) in [4.78, 5) is 0. The maximum absolute atomic E-state index is 13.9. The van der Waals surface area contributed by atoms with E-state index in [-0.39, 0.29) is 16.9 Å². The zero-order valence-corrected chi connectivity index (χ0v) is 11.7. The Bertz CT molecular complexity index is 459. The third-order valence-electron chi connectivity index (χ3n) is 3.56. The first-order chi connectivity index (χ1) is 9.22. The number of nitrogens with one attached hydrogen (secondary N) is 1. The minimum atomic E-state index is -0.368. The Labute approximate surface area is 118 Å². The van der Waals surface area contributed by atoms with Crippen molar-refractivity contribution in [3.05, 3.63) is 46.3 Å². The van der Waals surface area contributed by atoms with E-state index < -0.39 is 0 Å². The van der Waals surface area contributed by atoms with Crippen LogP contribution < -0.4 is 11.1 Å². The topological polar surface area (TPSA) is 38.0 Å². The molecule has 2 nitrogen and oxygen atoms in total. The molecule has 2 rings (SSSR count). The third-order valence-corrected chi connectivity index (χ3v) is 3.86. The Morgan fingerprint density at radius 3 is 2.95 bits per heavy atom. The second kappa shape index (κ2) is 7.04. The Morgan fingerprint density at radius 1 is 1.42 bits per heavy atom. The number of halogens is 2. The van der Waals surface area contributed by atoms with Gasteiger partial charge < -0.3 is 11.1 Å². The average Bonchev–Trinajstić information content (AvgIpc) is 2.92. The summed E-state index contributed by atoms with van der Waals surface area (Å²) in [6.45, 7) is 1.18. The Morgan fingerprint density at radius 2 is 2.26 bits per heavy atom. The zero-order chi connectivity index (χ0) is 13.7. The van der Waals surface area contributed by atoms with E-state index in [9.17, 15) is 4.39 Å². The first-order valence-corrected chi connectivity index (χ1v) is 7.15. The summed E-state index contributed by atoms with van der Waals surface area (Å²) in [5.41, 5.74) is 7.78. The van der Waals surface area contributed by atoms with Gasteiger partial charge in [0.15, 0.2) is 0 Å². The largest absolute Gasteiger partial charge is 0.329 e. The standard InChI is InChI=1S/C15H20ClFN2/c16-13-7-3-6-12(15(13)17)14(10-18)19-9-8-11-4-1-2-5-11/h3-4,6-7,14,19H,1-2,5,8-10,18H2. The molecule has 4 heteroatoms. The van der Waals surface area contributed by atoms with Gasteiger partial charge in [0.1, 0.15) is 5.82 Å². The molecule has 0 aliphatic heterocycles. The van der Waals surface area contributed by atoms with Crippen molar-refractivity contribution in [3.8, 4) is 0 Å². The predicted octanol–water partition coefficient (Wildman–Crippen LogP) is 3.57. The van der Waals surface area contributed by atoms with Gasteiger partial charge in [-0.3, -0.25) is 0 Å². The normalized spacial score (nSPS) is 16.5. The van der Waals surface area contributed by atoms with E-state index in [0.717, 1.165) is 13.0 Å². The van der Waals surface area contributed by atoms with Crippen molar-refractivity contribution >= 4 is 11.6 Å². The van der Waals surface area contributed by atoms with Crippen LogP contribution in [0.3, 0.4) is 0 Å². The molecule has 0 amide bonds. The van der Waals surface area contributed by atoms with Crippen LogP contribution in [-0.4, -0.2) is 13.1 Å². The molecule has 1 aliphatic rings. The lowest BCUT2D eigenvalue weighted by Gasteiger charge is -2.18. The van der Waals surface area contributed by atoms with E-state index in [2.05, 4.69) is 11.4 Å². The molecule has 0 saturated carbocycles. The monoisotopic (exact) mass is 282 g/mol.